The molecular weight excluding hydrogens is 228 g/mol. The third-order valence-corrected chi connectivity index (χ3v) is 3.20. The molecule has 0 spiro atoms. The van der Waals surface area contributed by atoms with E-state index in [2.05, 4.69) is 10.6 Å². The Balaban J connectivity index is 1.75. The minimum Gasteiger partial charge on any atom is -0.386 e. The molecule has 16 heavy (non-hydrogen) atoms. The Bertz CT molecular complexity index is 347. The van der Waals surface area contributed by atoms with Gasteiger partial charge in [-0.05, 0) is 17.5 Å². The average molecular weight is 242 g/mol. The first-order chi connectivity index (χ1) is 7.68. The molecule has 3 N–H and O–H groups in total. The molecule has 0 radical (unpaired) electrons. The molecule has 1 aromatic heterocycles. The first-order valence-electron chi connectivity index (χ1n) is 5.06. The zero-order valence-corrected chi connectivity index (χ0v) is 9.55. The Labute approximate surface area is 97.4 Å². The Morgan fingerprint density at radius 2 is 2.56 bits per heavy atom. The quantitative estimate of drug-likeness (QED) is 0.741. The number of thiophene rings is 1. The predicted octanol–water partition coefficient (Wildman–Crippen LogP) is 1.02. The molecule has 0 aliphatic carbocycles. The van der Waals surface area contributed by atoms with Crippen molar-refractivity contribution in [3.05, 3.63) is 17.5 Å². The van der Waals surface area contributed by atoms with Crippen LogP contribution in [0.5, 0.6) is 0 Å². The zero-order valence-electron chi connectivity index (χ0n) is 8.73. The van der Waals surface area contributed by atoms with E-state index in [1.54, 1.807) is 0 Å². The summed E-state index contributed by atoms with van der Waals surface area (Å²) >= 11 is 1.45. The fourth-order valence-electron chi connectivity index (χ4n) is 1.49. The van der Waals surface area contributed by atoms with Crippen molar-refractivity contribution in [1.82, 2.24) is 5.32 Å². The fraction of sp³-hybridized carbons (Fsp3) is 0.500. The summed E-state index contributed by atoms with van der Waals surface area (Å²) in [7, 11) is 0. The minimum absolute atomic E-state index is 0.213. The predicted molar refractivity (Wildman–Crippen MR) is 61.7 cm³/mol. The average Bonchev–Trinajstić information content (AvgIpc) is 2.88. The van der Waals surface area contributed by atoms with Gasteiger partial charge in [-0.1, -0.05) is 0 Å². The number of amides is 2. The van der Waals surface area contributed by atoms with Crippen LogP contribution in [-0.4, -0.2) is 36.5 Å². The standard InChI is InChI=1S/C10H14N2O3S/c13-9(12-8-2-1-5-16-8)11-6-10(14)3-4-15-7-10/h1-2,5,14H,3-4,6-7H2,(H2,11,12,13)/t10-/m0/s1. The molecule has 5 nitrogen and oxygen atoms in total. The molecule has 1 atom stereocenters. The molecule has 1 aliphatic rings. The van der Waals surface area contributed by atoms with Crippen LogP contribution in [0.15, 0.2) is 17.5 Å². The maximum Gasteiger partial charge on any atom is 0.319 e. The molecule has 1 fully saturated rings. The van der Waals surface area contributed by atoms with Crippen LogP contribution in [0.25, 0.3) is 0 Å². The summed E-state index contributed by atoms with van der Waals surface area (Å²) in [5, 5.41) is 17.9. The summed E-state index contributed by atoms with van der Waals surface area (Å²) in [6.45, 7) is 1.04. The molecule has 2 rings (SSSR count). The van der Waals surface area contributed by atoms with Crippen LogP contribution in [-0.2, 0) is 4.74 Å². The molecule has 2 amide bonds. The lowest BCUT2D eigenvalue weighted by atomic mass is 10.0. The van der Waals surface area contributed by atoms with E-state index in [1.807, 2.05) is 17.5 Å². The molecular formula is C10H14N2O3S. The first-order valence-corrected chi connectivity index (χ1v) is 5.94. The second-order valence-corrected chi connectivity index (χ2v) is 4.76. The highest BCUT2D eigenvalue weighted by molar-refractivity contribution is 7.14. The summed E-state index contributed by atoms with van der Waals surface area (Å²) < 4.78 is 5.08. The maximum absolute atomic E-state index is 11.4. The number of urea groups is 1. The lowest BCUT2D eigenvalue weighted by molar-refractivity contribution is 0.0295. The van der Waals surface area contributed by atoms with Crippen LogP contribution >= 0.6 is 11.3 Å². The second-order valence-electron chi connectivity index (χ2n) is 3.81. The number of ether oxygens (including phenoxy) is 1. The number of rotatable bonds is 3. The van der Waals surface area contributed by atoms with Crippen molar-refractivity contribution in [3.8, 4) is 0 Å². The number of carbonyl (C=O) groups excluding carboxylic acids is 1. The minimum atomic E-state index is -0.910. The van der Waals surface area contributed by atoms with E-state index in [-0.39, 0.29) is 19.2 Å². The fourth-order valence-corrected chi connectivity index (χ4v) is 2.10. The summed E-state index contributed by atoms with van der Waals surface area (Å²) in [5.74, 6) is 0. The van der Waals surface area contributed by atoms with Gasteiger partial charge in [0.05, 0.1) is 18.2 Å². The largest absolute Gasteiger partial charge is 0.386 e. The summed E-state index contributed by atoms with van der Waals surface area (Å²) in [6.07, 6.45) is 0.562. The summed E-state index contributed by atoms with van der Waals surface area (Å²) in [5.41, 5.74) is -0.910. The lowest BCUT2D eigenvalue weighted by Crippen LogP contribution is -2.44. The van der Waals surface area contributed by atoms with E-state index in [4.69, 9.17) is 4.74 Å². The molecule has 0 bridgehead atoms. The van der Waals surface area contributed by atoms with E-state index in [0.29, 0.717) is 13.0 Å². The van der Waals surface area contributed by atoms with Gasteiger partial charge in [-0.2, -0.15) is 0 Å². The lowest BCUT2D eigenvalue weighted by Gasteiger charge is -2.20. The van der Waals surface area contributed by atoms with Crippen molar-refractivity contribution < 1.29 is 14.6 Å². The summed E-state index contributed by atoms with van der Waals surface area (Å²) in [4.78, 5) is 11.4. The number of anilines is 1. The monoisotopic (exact) mass is 242 g/mol. The van der Waals surface area contributed by atoms with E-state index >= 15 is 0 Å². The first kappa shape index (κ1) is 11.4. The highest BCUT2D eigenvalue weighted by Gasteiger charge is 2.32. The van der Waals surface area contributed by atoms with E-state index < -0.39 is 5.60 Å². The molecule has 1 aromatic rings. The number of hydrogen-bond acceptors (Lipinski definition) is 4. The Hall–Kier alpha value is -1.11. The van der Waals surface area contributed by atoms with Crippen molar-refractivity contribution in [2.75, 3.05) is 25.1 Å². The van der Waals surface area contributed by atoms with Crippen LogP contribution < -0.4 is 10.6 Å². The third kappa shape index (κ3) is 2.94. The van der Waals surface area contributed by atoms with E-state index in [9.17, 15) is 9.90 Å². The van der Waals surface area contributed by atoms with Crippen molar-refractivity contribution >= 4 is 22.4 Å². The Morgan fingerprint density at radius 1 is 1.69 bits per heavy atom. The SMILES string of the molecule is O=C(NC[C@@]1(O)CCOC1)Nc1cccs1. The van der Waals surface area contributed by atoms with Gasteiger partial charge in [-0.25, -0.2) is 4.79 Å². The topological polar surface area (TPSA) is 70.6 Å². The number of hydrogen-bond donors (Lipinski definition) is 3. The smallest absolute Gasteiger partial charge is 0.319 e. The van der Waals surface area contributed by atoms with Gasteiger partial charge in [0.25, 0.3) is 0 Å². The van der Waals surface area contributed by atoms with Gasteiger partial charge in [0.2, 0.25) is 0 Å². The van der Waals surface area contributed by atoms with Gasteiger partial charge >= 0.3 is 6.03 Å². The molecule has 0 aromatic carbocycles. The second kappa shape index (κ2) is 4.82. The van der Waals surface area contributed by atoms with Crippen LogP contribution in [0.1, 0.15) is 6.42 Å². The van der Waals surface area contributed by atoms with Crippen LogP contribution in [0.3, 0.4) is 0 Å². The molecule has 6 heteroatoms. The van der Waals surface area contributed by atoms with Crippen molar-refractivity contribution in [1.29, 1.82) is 0 Å². The van der Waals surface area contributed by atoms with Gasteiger partial charge in [-0.3, -0.25) is 5.32 Å². The molecule has 1 aliphatic heterocycles. The van der Waals surface area contributed by atoms with Gasteiger partial charge in [0, 0.05) is 13.0 Å². The Kier molecular flexibility index (Phi) is 3.42. The van der Waals surface area contributed by atoms with Crippen LogP contribution in [0.2, 0.25) is 0 Å². The highest BCUT2D eigenvalue weighted by atomic mass is 32.1. The molecule has 0 saturated carbocycles. The van der Waals surface area contributed by atoms with Gasteiger partial charge < -0.3 is 15.2 Å². The number of aliphatic hydroxyl groups is 1. The van der Waals surface area contributed by atoms with Gasteiger partial charge in [-0.15, -0.1) is 11.3 Å². The molecule has 88 valence electrons. The molecule has 0 unspecified atom stereocenters. The van der Waals surface area contributed by atoms with Crippen LogP contribution in [0.4, 0.5) is 9.80 Å². The van der Waals surface area contributed by atoms with Crippen molar-refractivity contribution in [2.45, 2.75) is 12.0 Å². The van der Waals surface area contributed by atoms with Crippen molar-refractivity contribution in [2.24, 2.45) is 0 Å². The van der Waals surface area contributed by atoms with Crippen LogP contribution in [0, 0.1) is 0 Å². The highest BCUT2D eigenvalue weighted by Crippen LogP contribution is 2.17. The number of nitrogens with one attached hydrogen (secondary N) is 2. The normalized spacial score (nSPS) is 24.3. The maximum atomic E-state index is 11.4. The molecule has 2 heterocycles. The van der Waals surface area contributed by atoms with Crippen molar-refractivity contribution in [3.63, 3.8) is 0 Å². The zero-order chi connectivity index (χ0) is 11.4. The van der Waals surface area contributed by atoms with Gasteiger partial charge in [0.15, 0.2) is 0 Å². The van der Waals surface area contributed by atoms with E-state index in [1.165, 1.54) is 11.3 Å². The molecule has 1 saturated heterocycles. The van der Waals surface area contributed by atoms with E-state index in [0.717, 1.165) is 5.00 Å². The third-order valence-electron chi connectivity index (χ3n) is 2.42. The number of carbonyl (C=O) groups is 1. The Morgan fingerprint density at radius 3 is 3.19 bits per heavy atom. The van der Waals surface area contributed by atoms with Gasteiger partial charge in [0.1, 0.15) is 5.60 Å². The summed E-state index contributed by atoms with van der Waals surface area (Å²) in [6, 6.07) is 3.37.